The van der Waals surface area contributed by atoms with Crippen LogP contribution in [0.5, 0.6) is 11.5 Å². The monoisotopic (exact) mass is 522 g/mol. The van der Waals surface area contributed by atoms with E-state index >= 15 is 0 Å². The van der Waals surface area contributed by atoms with Gasteiger partial charge in [-0.2, -0.15) is 0 Å². The first kappa shape index (κ1) is 25.8. The first-order valence-corrected chi connectivity index (χ1v) is 13.0. The minimum Gasteiger partial charge on any atom is -0.494 e. The van der Waals surface area contributed by atoms with Crippen LogP contribution < -0.4 is 14.4 Å². The summed E-state index contributed by atoms with van der Waals surface area (Å²) in [7, 11) is 0. The van der Waals surface area contributed by atoms with Crippen molar-refractivity contribution in [1.82, 2.24) is 0 Å². The molecule has 6 nitrogen and oxygen atoms in total. The number of nitrogens with zero attached hydrogens (tertiary/aromatic N) is 2. The Bertz CT molecular complexity index is 1280. The van der Waals surface area contributed by atoms with Gasteiger partial charge in [-0.05, 0) is 93.1 Å². The Morgan fingerprint density at radius 1 is 0.972 bits per heavy atom. The van der Waals surface area contributed by atoms with Crippen LogP contribution in [0, 0.1) is 6.92 Å². The molecule has 186 valence electrons. The van der Waals surface area contributed by atoms with Crippen molar-refractivity contribution in [3.8, 4) is 11.5 Å². The highest BCUT2D eigenvalue weighted by atomic mass is 35.5. The quantitative estimate of drug-likeness (QED) is 0.287. The molecule has 0 radical (unpaired) electrons. The van der Waals surface area contributed by atoms with E-state index in [0.717, 1.165) is 17.1 Å². The molecule has 1 amide bonds. The van der Waals surface area contributed by atoms with Crippen LogP contribution in [0.4, 0.5) is 11.4 Å². The number of Topliss-reactive ketones (excluding diaryl/α,β-unsaturated/α-hetero) is 1. The van der Waals surface area contributed by atoms with Crippen LogP contribution in [-0.4, -0.2) is 35.3 Å². The Morgan fingerprint density at radius 2 is 1.58 bits per heavy atom. The lowest BCUT2D eigenvalue weighted by molar-refractivity contribution is -0.116. The third kappa shape index (κ3) is 5.91. The van der Waals surface area contributed by atoms with Crippen molar-refractivity contribution in [3.05, 3.63) is 82.9 Å². The van der Waals surface area contributed by atoms with Crippen LogP contribution in [0.2, 0.25) is 5.02 Å². The number of aliphatic imine (C=N–C) groups is 1. The molecule has 0 bridgehead atoms. The second kappa shape index (κ2) is 11.6. The number of hydrogen-bond acceptors (Lipinski definition) is 6. The Hall–Kier alpha value is -3.29. The molecule has 1 aliphatic rings. The summed E-state index contributed by atoms with van der Waals surface area (Å²) in [6.45, 7) is 6.82. The van der Waals surface area contributed by atoms with Crippen LogP contribution in [0.3, 0.4) is 0 Å². The number of ketones is 1. The molecule has 1 saturated heterocycles. The molecule has 1 aliphatic heterocycles. The molecule has 0 spiro atoms. The fraction of sp³-hybridized carbons (Fsp3) is 0.250. The number of halogens is 1. The van der Waals surface area contributed by atoms with E-state index in [0.29, 0.717) is 40.3 Å². The normalized spacial score (nSPS) is 16.4. The lowest BCUT2D eigenvalue weighted by atomic mass is 10.0. The van der Waals surface area contributed by atoms with E-state index in [1.165, 1.54) is 11.8 Å². The zero-order valence-corrected chi connectivity index (χ0v) is 21.9. The van der Waals surface area contributed by atoms with Crippen molar-refractivity contribution in [2.24, 2.45) is 4.99 Å². The number of amides is 1. The van der Waals surface area contributed by atoms with Crippen LogP contribution in [0.25, 0.3) is 0 Å². The molecular weight excluding hydrogens is 496 g/mol. The minimum atomic E-state index is -0.596. The van der Waals surface area contributed by atoms with Gasteiger partial charge in [0, 0.05) is 17.0 Å². The number of thioether (sulfide) groups is 1. The number of aryl methyl sites for hydroxylation is 1. The van der Waals surface area contributed by atoms with Gasteiger partial charge in [0.2, 0.25) is 5.91 Å². The Morgan fingerprint density at radius 3 is 2.17 bits per heavy atom. The second-order valence-corrected chi connectivity index (χ2v) is 9.70. The summed E-state index contributed by atoms with van der Waals surface area (Å²) in [6, 6.07) is 19.8. The first-order chi connectivity index (χ1) is 17.4. The van der Waals surface area contributed by atoms with Gasteiger partial charge in [0.15, 0.2) is 11.0 Å². The number of anilines is 1. The van der Waals surface area contributed by atoms with Crippen LogP contribution in [0.15, 0.2) is 71.7 Å². The van der Waals surface area contributed by atoms with Crippen molar-refractivity contribution < 1.29 is 19.1 Å². The van der Waals surface area contributed by atoms with Crippen molar-refractivity contribution in [3.63, 3.8) is 0 Å². The number of benzene rings is 3. The van der Waals surface area contributed by atoms with Crippen molar-refractivity contribution in [2.75, 3.05) is 18.1 Å². The highest BCUT2D eigenvalue weighted by Crippen LogP contribution is 2.36. The van der Waals surface area contributed by atoms with E-state index in [9.17, 15) is 9.59 Å². The van der Waals surface area contributed by atoms with E-state index in [1.807, 2.05) is 69.3 Å². The third-order valence-corrected chi connectivity index (χ3v) is 7.13. The highest BCUT2D eigenvalue weighted by molar-refractivity contribution is 8.16. The largest absolute Gasteiger partial charge is 0.494 e. The molecule has 4 rings (SSSR count). The number of carbonyl (C=O) groups excluding carboxylic acids is 2. The van der Waals surface area contributed by atoms with Crippen molar-refractivity contribution in [1.29, 1.82) is 0 Å². The number of rotatable bonds is 9. The molecule has 3 aromatic carbocycles. The highest BCUT2D eigenvalue weighted by Gasteiger charge is 2.40. The van der Waals surface area contributed by atoms with Gasteiger partial charge in [0.25, 0.3) is 0 Å². The summed E-state index contributed by atoms with van der Waals surface area (Å²) in [6.07, 6.45) is 0.0560. The average molecular weight is 523 g/mol. The fourth-order valence-corrected chi connectivity index (χ4v) is 5.04. The maximum Gasteiger partial charge on any atom is 0.247 e. The molecule has 0 aromatic heterocycles. The lowest BCUT2D eigenvalue weighted by Gasteiger charge is -2.17. The molecule has 1 heterocycles. The summed E-state index contributed by atoms with van der Waals surface area (Å²) in [5.74, 6) is 1.17. The number of hydrogen-bond donors (Lipinski definition) is 0. The van der Waals surface area contributed by atoms with E-state index in [-0.39, 0.29) is 18.1 Å². The SMILES string of the molecule is CCOc1ccc(N=C2SC(CC(=O)c3ccc(Cl)c(C)c3)C(=O)N2c2ccc(OCC)cc2)cc1. The third-order valence-electron chi connectivity index (χ3n) is 5.56. The zero-order chi connectivity index (χ0) is 25.7. The van der Waals surface area contributed by atoms with Gasteiger partial charge in [-0.15, -0.1) is 0 Å². The molecule has 0 aliphatic carbocycles. The second-order valence-electron chi connectivity index (χ2n) is 8.12. The smallest absolute Gasteiger partial charge is 0.247 e. The Balaban J connectivity index is 1.63. The molecule has 1 atom stereocenters. The summed E-state index contributed by atoms with van der Waals surface area (Å²) < 4.78 is 11.1. The van der Waals surface area contributed by atoms with Gasteiger partial charge in [-0.25, -0.2) is 4.99 Å². The summed E-state index contributed by atoms with van der Waals surface area (Å²) >= 11 is 7.40. The molecule has 3 aromatic rings. The maximum absolute atomic E-state index is 13.5. The summed E-state index contributed by atoms with van der Waals surface area (Å²) in [5.41, 5.74) is 2.71. The van der Waals surface area contributed by atoms with E-state index < -0.39 is 5.25 Å². The predicted octanol–water partition coefficient (Wildman–Crippen LogP) is 6.85. The molecular formula is C28H27ClN2O4S. The zero-order valence-electron chi connectivity index (χ0n) is 20.4. The van der Waals surface area contributed by atoms with Crippen LogP contribution >= 0.6 is 23.4 Å². The molecule has 1 unspecified atom stereocenters. The van der Waals surface area contributed by atoms with Gasteiger partial charge < -0.3 is 9.47 Å². The Kier molecular flexibility index (Phi) is 8.33. The maximum atomic E-state index is 13.5. The molecule has 0 N–H and O–H groups in total. The molecule has 36 heavy (non-hydrogen) atoms. The predicted molar refractivity (Wildman–Crippen MR) is 146 cm³/mol. The van der Waals surface area contributed by atoms with E-state index in [2.05, 4.69) is 0 Å². The van der Waals surface area contributed by atoms with E-state index in [1.54, 1.807) is 23.1 Å². The number of carbonyl (C=O) groups is 2. The number of ether oxygens (including phenoxy) is 2. The summed E-state index contributed by atoms with van der Waals surface area (Å²) in [5, 5.41) is 0.518. The molecule has 1 fully saturated rings. The summed E-state index contributed by atoms with van der Waals surface area (Å²) in [4.78, 5) is 32.9. The lowest BCUT2D eigenvalue weighted by Crippen LogP contribution is -2.32. The van der Waals surface area contributed by atoms with Gasteiger partial charge >= 0.3 is 0 Å². The fourth-order valence-electron chi connectivity index (χ4n) is 3.77. The van der Waals surface area contributed by atoms with Crippen molar-refractivity contribution in [2.45, 2.75) is 32.4 Å². The van der Waals surface area contributed by atoms with Gasteiger partial charge in [0.1, 0.15) is 11.5 Å². The number of amidine groups is 1. The molecule has 0 saturated carbocycles. The standard InChI is InChI=1S/C28H27ClN2O4S/c1-4-34-22-11-7-20(8-12-22)30-28-31(21-9-13-23(14-10-21)35-5-2)27(33)26(36-28)17-25(32)19-6-15-24(29)18(3)16-19/h6-16,26H,4-5,17H2,1-3H3. The van der Waals surface area contributed by atoms with E-state index in [4.69, 9.17) is 26.1 Å². The van der Waals surface area contributed by atoms with Crippen LogP contribution in [-0.2, 0) is 4.79 Å². The Labute approximate surface area is 220 Å². The van der Waals surface area contributed by atoms with Crippen LogP contribution in [0.1, 0.15) is 36.2 Å². The average Bonchev–Trinajstić information content (AvgIpc) is 3.17. The van der Waals surface area contributed by atoms with Gasteiger partial charge in [0.05, 0.1) is 29.8 Å². The minimum absolute atomic E-state index is 0.0560. The first-order valence-electron chi connectivity index (χ1n) is 11.7. The molecule has 8 heteroatoms. The van der Waals surface area contributed by atoms with Crippen molar-refractivity contribution >= 4 is 51.6 Å². The topological polar surface area (TPSA) is 68.2 Å². The van der Waals surface area contributed by atoms with Gasteiger partial charge in [-0.3, -0.25) is 14.5 Å². The van der Waals surface area contributed by atoms with Gasteiger partial charge in [-0.1, -0.05) is 23.4 Å².